The fourth-order valence-electron chi connectivity index (χ4n) is 6.44. The van der Waals surface area contributed by atoms with Gasteiger partial charge in [0.25, 0.3) is 0 Å². The molecule has 0 unspecified atom stereocenters. The van der Waals surface area contributed by atoms with E-state index in [2.05, 4.69) is 0 Å². The number of rotatable bonds is 3. The van der Waals surface area contributed by atoms with E-state index >= 15 is 0 Å². The molecule has 0 bridgehead atoms. The highest BCUT2D eigenvalue weighted by molar-refractivity contribution is 6.24. The number of hydrogen-bond acceptors (Lipinski definition) is 5. The number of amides is 2. The Bertz CT molecular complexity index is 1430. The lowest BCUT2D eigenvalue weighted by Gasteiger charge is -2.42. The zero-order valence-corrected chi connectivity index (χ0v) is 19.8. The highest BCUT2D eigenvalue weighted by Crippen LogP contribution is 2.56. The van der Waals surface area contributed by atoms with Crippen molar-refractivity contribution in [1.82, 2.24) is 4.90 Å². The molecule has 6 rings (SSSR count). The van der Waals surface area contributed by atoms with Gasteiger partial charge in [0.15, 0.2) is 11.6 Å². The number of fused-ring (bicyclic) bond motifs is 3. The molecule has 4 atom stereocenters. The lowest BCUT2D eigenvalue weighted by atomic mass is 9.59. The number of phenolic OH excluding ortho intramolecular Hbond substituents is 1. The summed E-state index contributed by atoms with van der Waals surface area (Å²) in [6.45, 7) is 1.84. The zero-order valence-electron chi connectivity index (χ0n) is 19.8. The number of aromatic hydroxyl groups is 1. The van der Waals surface area contributed by atoms with E-state index in [1.54, 1.807) is 31.2 Å². The Morgan fingerprint density at radius 3 is 2.39 bits per heavy atom. The van der Waals surface area contributed by atoms with Crippen LogP contribution in [0.4, 0.5) is 0 Å². The predicted molar refractivity (Wildman–Crippen MR) is 131 cm³/mol. The lowest BCUT2D eigenvalue weighted by Crippen LogP contribution is -2.39. The summed E-state index contributed by atoms with van der Waals surface area (Å²) < 4.78 is 0. The number of hydrogen-bond donors (Lipinski definition) is 1. The molecule has 0 aromatic heterocycles. The summed E-state index contributed by atoms with van der Waals surface area (Å²) in [5, 5.41) is 10.8. The third-order valence-electron chi connectivity index (χ3n) is 8.09. The second kappa shape index (κ2) is 8.26. The first kappa shape index (κ1) is 22.4. The lowest BCUT2D eigenvalue weighted by molar-refractivity contribution is -0.140. The predicted octanol–water partition coefficient (Wildman–Crippen LogP) is 4.02. The van der Waals surface area contributed by atoms with Crippen molar-refractivity contribution >= 4 is 23.4 Å². The monoisotopic (exact) mass is 479 g/mol. The zero-order chi connectivity index (χ0) is 25.1. The third kappa shape index (κ3) is 3.24. The van der Waals surface area contributed by atoms with Crippen molar-refractivity contribution in [3.63, 3.8) is 0 Å². The van der Waals surface area contributed by atoms with Crippen LogP contribution < -0.4 is 0 Å². The Morgan fingerprint density at radius 1 is 0.917 bits per heavy atom. The van der Waals surface area contributed by atoms with Gasteiger partial charge in [-0.15, -0.1) is 0 Å². The Hall–Kier alpha value is -4.06. The molecule has 180 valence electrons. The van der Waals surface area contributed by atoms with Crippen LogP contribution in [0, 0.1) is 17.8 Å². The van der Waals surface area contributed by atoms with Gasteiger partial charge in [-0.05, 0) is 43.4 Å². The molecule has 0 spiro atoms. The van der Waals surface area contributed by atoms with E-state index in [0.717, 1.165) is 11.1 Å². The molecule has 6 nitrogen and oxygen atoms in total. The molecule has 2 aromatic carbocycles. The molecule has 6 heteroatoms. The van der Waals surface area contributed by atoms with Gasteiger partial charge in [0.1, 0.15) is 5.75 Å². The maximum absolute atomic E-state index is 13.7. The second-order valence-electron chi connectivity index (χ2n) is 10.0. The molecule has 1 fully saturated rings. The van der Waals surface area contributed by atoms with E-state index in [4.69, 9.17) is 0 Å². The largest absolute Gasteiger partial charge is 0.508 e. The number of para-hydroxylation sites is 1. The summed E-state index contributed by atoms with van der Waals surface area (Å²) in [6.07, 6.45) is 3.95. The highest BCUT2D eigenvalue weighted by atomic mass is 16.3. The Balaban J connectivity index is 1.45. The maximum atomic E-state index is 13.7. The van der Waals surface area contributed by atoms with Crippen molar-refractivity contribution in [1.29, 1.82) is 0 Å². The number of ketones is 2. The summed E-state index contributed by atoms with van der Waals surface area (Å²) in [7, 11) is 0. The number of phenols is 1. The smallest absolute Gasteiger partial charge is 0.234 e. The maximum Gasteiger partial charge on any atom is 0.234 e. The second-order valence-corrected chi connectivity index (χ2v) is 10.0. The fraction of sp³-hybridized carbons (Fsp3) is 0.267. The van der Waals surface area contributed by atoms with E-state index < -0.39 is 23.7 Å². The molecule has 1 saturated heterocycles. The summed E-state index contributed by atoms with van der Waals surface area (Å²) in [5.41, 5.74) is 3.40. The van der Waals surface area contributed by atoms with E-state index in [1.807, 2.05) is 36.4 Å². The number of carbonyl (C=O) groups excluding carboxylic acids is 4. The van der Waals surface area contributed by atoms with Gasteiger partial charge >= 0.3 is 0 Å². The Labute approximate surface area is 208 Å². The fourth-order valence-corrected chi connectivity index (χ4v) is 6.44. The molecule has 0 saturated carbocycles. The van der Waals surface area contributed by atoms with Crippen LogP contribution >= 0.6 is 0 Å². The van der Waals surface area contributed by atoms with E-state index in [-0.39, 0.29) is 42.1 Å². The quantitative estimate of drug-likeness (QED) is 0.408. The summed E-state index contributed by atoms with van der Waals surface area (Å²) in [4.78, 5) is 54.9. The van der Waals surface area contributed by atoms with E-state index in [0.29, 0.717) is 28.7 Å². The molecule has 4 aliphatic rings. The first-order chi connectivity index (χ1) is 17.4. The SMILES string of the molecule is CC1=CC(=O)C2=C(C1=O)[C@@H](c1ccccc1O)C1=CC[C@@H]3C(=O)N(Cc4ccccc4)C(=O)[C@@H]3[C@@H]1C2. The van der Waals surface area contributed by atoms with Gasteiger partial charge in [-0.3, -0.25) is 24.1 Å². The van der Waals surface area contributed by atoms with Crippen LogP contribution in [-0.4, -0.2) is 33.4 Å². The number of carbonyl (C=O) groups is 4. The van der Waals surface area contributed by atoms with E-state index in [1.165, 1.54) is 11.0 Å². The van der Waals surface area contributed by atoms with Crippen LogP contribution in [0.15, 0.2) is 89.0 Å². The number of nitrogens with zero attached hydrogens (tertiary/aromatic N) is 1. The molecule has 2 aromatic rings. The Kier molecular flexibility index (Phi) is 5.14. The topological polar surface area (TPSA) is 91.8 Å². The Morgan fingerprint density at radius 2 is 1.64 bits per heavy atom. The van der Waals surface area contributed by atoms with Gasteiger partial charge in [-0.1, -0.05) is 60.2 Å². The minimum absolute atomic E-state index is 0.0324. The van der Waals surface area contributed by atoms with Crippen LogP contribution in [0.5, 0.6) is 5.75 Å². The number of imide groups is 1. The number of benzene rings is 2. The van der Waals surface area contributed by atoms with E-state index in [9.17, 15) is 24.3 Å². The number of Topliss-reactive ketones (excluding diaryl/α,β-unsaturated/α-hetero) is 1. The van der Waals surface area contributed by atoms with Gasteiger partial charge in [-0.2, -0.15) is 0 Å². The number of allylic oxidation sites excluding steroid dienone is 6. The van der Waals surface area contributed by atoms with Crippen LogP contribution in [0.25, 0.3) is 0 Å². The van der Waals surface area contributed by atoms with Gasteiger partial charge in [-0.25, -0.2) is 0 Å². The minimum atomic E-state index is -0.632. The average molecular weight is 480 g/mol. The van der Waals surface area contributed by atoms with Crippen LogP contribution in [0.1, 0.15) is 36.8 Å². The van der Waals surface area contributed by atoms with Crippen molar-refractivity contribution in [2.75, 3.05) is 0 Å². The van der Waals surface area contributed by atoms with Crippen molar-refractivity contribution in [2.45, 2.75) is 32.2 Å². The highest BCUT2D eigenvalue weighted by Gasteiger charge is 2.56. The van der Waals surface area contributed by atoms with Crippen molar-refractivity contribution < 1.29 is 24.3 Å². The normalized spacial score (nSPS) is 27.4. The van der Waals surface area contributed by atoms with Crippen molar-refractivity contribution in [3.8, 4) is 5.75 Å². The molecule has 3 aliphatic carbocycles. The first-order valence-electron chi connectivity index (χ1n) is 12.2. The number of likely N-dealkylation sites (tertiary alicyclic amines) is 1. The van der Waals surface area contributed by atoms with Crippen LogP contribution in [-0.2, 0) is 25.7 Å². The molecule has 1 heterocycles. The minimum Gasteiger partial charge on any atom is -0.508 e. The van der Waals surface area contributed by atoms with Crippen LogP contribution in [0.2, 0.25) is 0 Å². The van der Waals surface area contributed by atoms with Gasteiger partial charge in [0.05, 0.1) is 18.4 Å². The standard InChI is InChI=1S/C30H25NO5/c1-16-13-24(33)22-14-21-18(25(27(22)28(16)34)19-9-5-6-10-23(19)32)11-12-20-26(21)30(36)31(29(20)35)15-17-7-3-2-4-8-17/h2-11,13,20-21,25-26,32H,12,14-15H2,1H3/t20-,21+,25+,26-/m0/s1. The van der Waals surface area contributed by atoms with Crippen molar-refractivity contribution in [2.24, 2.45) is 17.8 Å². The molecule has 1 aliphatic heterocycles. The first-order valence-corrected chi connectivity index (χ1v) is 12.2. The molecular formula is C30H25NO5. The molecule has 36 heavy (non-hydrogen) atoms. The summed E-state index contributed by atoms with van der Waals surface area (Å²) in [6, 6.07) is 16.2. The van der Waals surface area contributed by atoms with Crippen molar-refractivity contribution in [3.05, 3.63) is 100 Å². The summed E-state index contributed by atoms with van der Waals surface area (Å²) in [5.74, 6) is -2.95. The van der Waals surface area contributed by atoms with Gasteiger partial charge < -0.3 is 5.11 Å². The average Bonchev–Trinajstić information content (AvgIpc) is 3.12. The third-order valence-corrected chi connectivity index (χ3v) is 8.09. The van der Waals surface area contributed by atoms with Crippen LogP contribution in [0.3, 0.4) is 0 Å². The molecule has 2 amide bonds. The molecule has 1 N–H and O–H groups in total. The van der Waals surface area contributed by atoms with Gasteiger partial charge in [0, 0.05) is 28.2 Å². The molecule has 0 radical (unpaired) electrons. The summed E-state index contributed by atoms with van der Waals surface area (Å²) >= 11 is 0. The molecular weight excluding hydrogens is 454 g/mol. The van der Waals surface area contributed by atoms with Gasteiger partial charge in [0.2, 0.25) is 11.8 Å².